The Morgan fingerprint density at radius 3 is 2.87 bits per heavy atom. The molecule has 0 bridgehead atoms. The first kappa shape index (κ1) is 16.5. The molecule has 0 aliphatic carbocycles. The third kappa shape index (κ3) is 5.78. The minimum absolute atomic E-state index is 0.120. The van der Waals surface area contributed by atoms with Crippen LogP contribution in [0.3, 0.4) is 0 Å². The van der Waals surface area contributed by atoms with Crippen molar-refractivity contribution in [1.29, 1.82) is 0 Å². The molecule has 0 aliphatic heterocycles. The number of rotatable bonds is 6. The van der Waals surface area contributed by atoms with Gasteiger partial charge in [0.15, 0.2) is 11.6 Å². The summed E-state index contributed by atoms with van der Waals surface area (Å²) in [5, 5.41) is 2.64. The number of amides is 1. The first-order valence-corrected chi connectivity index (χ1v) is 7.17. The zero-order valence-corrected chi connectivity index (χ0v) is 12.5. The van der Waals surface area contributed by atoms with Gasteiger partial charge in [0.25, 0.3) is 0 Å². The van der Waals surface area contributed by atoms with E-state index >= 15 is 0 Å². The Morgan fingerprint density at radius 1 is 1.35 bits per heavy atom. The predicted octanol–water partition coefficient (Wildman–Crippen LogP) is 3.13. The van der Waals surface area contributed by atoms with Crippen LogP contribution < -0.4 is 11.1 Å². The quantitative estimate of drug-likeness (QED) is 0.803. The van der Waals surface area contributed by atoms with Gasteiger partial charge in [-0.2, -0.15) is 0 Å². The van der Waals surface area contributed by atoms with E-state index in [2.05, 4.69) is 10.3 Å². The summed E-state index contributed by atoms with van der Waals surface area (Å²) >= 11 is 0. The highest BCUT2D eigenvalue weighted by Crippen LogP contribution is 2.09. The molecule has 1 heterocycles. The molecule has 0 radical (unpaired) electrons. The van der Waals surface area contributed by atoms with Gasteiger partial charge in [0.1, 0.15) is 6.61 Å². The van der Waals surface area contributed by atoms with Gasteiger partial charge in [0, 0.05) is 12.7 Å². The molecule has 0 saturated carbocycles. The summed E-state index contributed by atoms with van der Waals surface area (Å²) in [6.45, 7) is 0.661. The van der Waals surface area contributed by atoms with Gasteiger partial charge in [-0.1, -0.05) is 42.5 Å². The van der Waals surface area contributed by atoms with E-state index in [0.29, 0.717) is 18.5 Å². The maximum Gasteiger partial charge on any atom is 0.407 e. The number of nitrogen functional groups attached to an aromatic ring is 1. The minimum Gasteiger partial charge on any atom is -0.445 e. The van der Waals surface area contributed by atoms with Crippen LogP contribution in [0.4, 0.5) is 15.0 Å². The number of anilines is 1. The molecule has 0 spiro atoms. The van der Waals surface area contributed by atoms with Crippen LogP contribution in [0, 0.1) is 5.82 Å². The third-order valence-corrected chi connectivity index (χ3v) is 2.99. The molecule has 2 aromatic rings. The average molecular weight is 315 g/mol. The summed E-state index contributed by atoms with van der Waals surface area (Å²) in [6, 6.07) is 10.7. The second-order valence-corrected chi connectivity index (χ2v) is 4.82. The Kier molecular flexibility index (Phi) is 6.11. The number of hydrogen-bond acceptors (Lipinski definition) is 4. The van der Waals surface area contributed by atoms with E-state index in [1.807, 2.05) is 36.4 Å². The highest BCUT2D eigenvalue weighted by atomic mass is 19.1. The first-order valence-electron chi connectivity index (χ1n) is 7.17. The normalized spacial score (nSPS) is 10.7. The van der Waals surface area contributed by atoms with Crippen molar-refractivity contribution >= 4 is 18.0 Å². The van der Waals surface area contributed by atoms with Crippen molar-refractivity contribution in [2.45, 2.75) is 13.0 Å². The molecule has 23 heavy (non-hydrogen) atoms. The molecule has 1 aromatic heterocycles. The van der Waals surface area contributed by atoms with Gasteiger partial charge in [0.2, 0.25) is 0 Å². The average Bonchev–Trinajstić information content (AvgIpc) is 2.57. The monoisotopic (exact) mass is 315 g/mol. The zero-order valence-electron chi connectivity index (χ0n) is 12.5. The Morgan fingerprint density at radius 2 is 2.13 bits per heavy atom. The molecule has 6 heteroatoms. The number of nitrogens with zero attached hydrogens (tertiary/aromatic N) is 1. The molecule has 0 saturated heterocycles. The fourth-order valence-electron chi connectivity index (χ4n) is 1.81. The summed E-state index contributed by atoms with van der Waals surface area (Å²) in [5.74, 6) is -0.667. The number of ether oxygens (including phenoxy) is 1. The van der Waals surface area contributed by atoms with E-state index in [1.165, 1.54) is 12.3 Å². The van der Waals surface area contributed by atoms with Crippen molar-refractivity contribution in [2.75, 3.05) is 12.3 Å². The topological polar surface area (TPSA) is 77.2 Å². The molecule has 0 aliphatic rings. The Labute approximate surface area is 134 Å². The van der Waals surface area contributed by atoms with E-state index < -0.39 is 11.9 Å². The van der Waals surface area contributed by atoms with Crippen molar-refractivity contribution in [1.82, 2.24) is 10.3 Å². The number of aromatic nitrogens is 1. The second kappa shape index (κ2) is 8.53. The molecule has 2 rings (SSSR count). The molecular formula is C17H18FN3O2. The van der Waals surface area contributed by atoms with E-state index in [0.717, 1.165) is 5.56 Å². The molecule has 120 valence electrons. The predicted molar refractivity (Wildman–Crippen MR) is 86.9 cm³/mol. The van der Waals surface area contributed by atoms with Gasteiger partial charge >= 0.3 is 6.09 Å². The maximum absolute atomic E-state index is 13.2. The lowest BCUT2D eigenvalue weighted by atomic mass is 10.2. The van der Waals surface area contributed by atoms with Crippen LogP contribution in [0.15, 0.2) is 48.7 Å². The van der Waals surface area contributed by atoms with Gasteiger partial charge in [-0.15, -0.1) is 0 Å². The first-order chi connectivity index (χ1) is 11.1. The number of hydrogen-bond donors (Lipinski definition) is 2. The van der Waals surface area contributed by atoms with Crippen molar-refractivity contribution in [2.24, 2.45) is 0 Å². The fourth-order valence-corrected chi connectivity index (χ4v) is 1.81. The summed E-state index contributed by atoms with van der Waals surface area (Å²) < 4.78 is 18.3. The Balaban J connectivity index is 1.65. The molecule has 0 unspecified atom stereocenters. The molecule has 3 N–H and O–H groups in total. The lowest BCUT2D eigenvalue weighted by molar-refractivity contribution is 0.140. The van der Waals surface area contributed by atoms with E-state index in [1.54, 1.807) is 6.08 Å². The van der Waals surface area contributed by atoms with Crippen LogP contribution in [-0.4, -0.2) is 17.6 Å². The molecule has 1 aromatic carbocycles. The van der Waals surface area contributed by atoms with Gasteiger partial charge in [-0.05, 0) is 23.6 Å². The number of nitrogens with two attached hydrogens (primary N) is 1. The zero-order chi connectivity index (χ0) is 16.5. The van der Waals surface area contributed by atoms with E-state index in [9.17, 15) is 9.18 Å². The number of halogens is 1. The van der Waals surface area contributed by atoms with Crippen LogP contribution in [0.1, 0.15) is 17.5 Å². The maximum atomic E-state index is 13.2. The molecule has 0 atom stereocenters. The number of benzene rings is 1. The van der Waals surface area contributed by atoms with Gasteiger partial charge in [0.05, 0.1) is 0 Å². The molecule has 0 fully saturated rings. The third-order valence-electron chi connectivity index (χ3n) is 2.99. The number of nitrogens with one attached hydrogen (secondary N) is 1. The van der Waals surface area contributed by atoms with Crippen molar-refractivity contribution in [3.8, 4) is 0 Å². The number of pyridine rings is 1. The lowest BCUT2D eigenvalue weighted by Gasteiger charge is -2.05. The van der Waals surface area contributed by atoms with Crippen LogP contribution in [0.5, 0.6) is 0 Å². The highest BCUT2D eigenvalue weighted by Gasteiger charge is 2.01. The Hall–Kier alpha value is -2.89. The highest BCUT2D eigenvalue weighted by molar-refractivity contribution is 5.67. The van der Waals surface area contributed by atoms with Crippen LogP contribution in [0.2, 0.25) is 0 Å². The summed E-state index contributed by atoms with van der Waals surface area (Å²) in [7, 11) is 0. The standard InChI is InChI=1S/C17H18FN3O2/c18-15-10-14(11-21-16(15)19)8-4-5-9-20-17(22)23-12-13-6-2-1-3-7-13/h1-4,6-8,10-11H,5,9,12H2,(H2,19,21)(H,20,22). The minimum atomic E-state index is -0.547. The number of alkyl carbamates (subject to hydrolysis) is 1. The number of carbonyl (C=O) groups is 1. The fraction of sp³-hybridized carbons (Fsp3) is 0.176. The largest absolute Gasteiger partial charge is 0.445 e. The number of carbonyl (C=O) groups excluding carboxylic acids is 1. The van der Waals surface area contributed by atoms with Gasteiger partial charge in [-0.25, -0.2) is 14.2 Å². The van der Waals surface area contributed by atoms with Crippen LogP contribution in [0.25, 0.3) is 6.08 Å². The van der Waals surface area contributed by atoms with Crippen molar-refractivity contribution in [3.05, 3.63) is 65.6 Å². The molecule has 5 nitrogen and oxygen atoms in total. The summed E-state index contributed by atoms with van der Waals surface area (Å²) in [4.78, 5) is 15.2. The van der Waals surface area contributed by atoms with Crippen LogP contribution >= 0.6 is 0 Å². The Bertz CT molecular complexity index is 675. The van der Waals surface area contributed by atoms with E-state index in [-0.39, 0.29) is 12.4 Å². The summed E-state index contributed by atoms with van der Waals surface area (Å²) in [5.41, 5.74) is 6.84. The van der Waals surface area contributed by atoms with E-state index in [4.69, 9.17) is 10.5 Å². The molecular weight excluding hydrogens is 297 g/mol. The lowest BCUT2D eigenvalue weighted by Crippen LogP contribution is -2.24. The van der Waals surface area contributed by atoms with Crippen molar-refractivity contribution in [3.63, 3.8) is 0 Å². The second-order valence-electron chi connectivity index (χ2n) is 4.82. The molecule has 1 amide bonds. The smallest absolute Gasteiger partial charge is 0.407 e. The van der Waals surface area contributed by atoms with Crippen molar-refractivity contribution < 1.29 is 13.9 Å². The SMILES string of the molecule is Nc1ncc(C=CCCNC(=O)OCc2ccccc2)cc1F. The van der Waals surface area contributed by atoms with Crippen LogP contribution in [-0.2, 0) is 11.3 Å². The van der Waals surface area contributed by atoms with Gasteiger partial charge in [-0.3, -0.25) is 0 Å². The van der Waals surface area contributed by atoms with Gasteiger partial charge < -0.3 is 15.8 Å². The summed E-state index contributed by atoms with van der Waals surface area (Å²) in [6.07, 6.45) is 5.13.